The van der Waals surface area contributed by atoms with Gasteiger partial charge in [-0.3, -0.25) is 9.10 Å². The van der Waals surface area contributed by atoms with Gasteiger partial charge in [-0.05, 0) is 67.1 Å². The fraction of sp³-hybridized carbons (Fsp3) is 0.321. The molecule has 0 bridgehead atoms. The van der Waals surface area contributed by atoms with E-state index in [1.54, 1.807) is 30.3 Å². The standard InChI is InChI=1S/C28H32N2O5S/c1-29(36(32,33)25-13-14-26(34-2)27(20-25)35-3)24-11-9-23(10-12-24)28(31)30-17-15-22(16-18-30)19-21-7-5-4-6-8-21/h4-14,20,22H,15-19H2,1-3H3. The minimum atomic E-state index is -3.83. The zero-order valence-electron chi connectivity index (χ0n) is 20.9. The van der Waals surface area contributed by atoms with E-state index in [-0.39, 0.29) is 10.8 Å². The van der Waals surface area contributed by atoms with E-state index in [2.05, 4.69) is 24.3 Å². The first-order chi connectivity index (χ1) is 17.3. The molecule has 0 aromatic heterocycles. The highest BCUT2D eigenvalue weighted by Crippen LogP contribution is 2.32. The molecule has 0 unspecified atom stereocenters. The van der Waals surface area contributed by atoms with Gasteiger partial charge >= 0.3 is 0 Å². The van der Waals surface area contributed by atoms with Crippen LogP contribution in [0.15, 0.2) is 77.7 Å². The van der Waals surface area contributed by atoms with Crippen molar-refractivity contribution < 1.29 is 22.7 Å². The van der Waals surface area contributed by atoms with Crippen LogP contribution in [0.2, 0.25) is 0 Å². The summed E-state index contributed by atoms with van der Waals surface area (Å²) >= 11 is 0. The molecule has 0 atom stereocenters. The van der Waals surface area contributed by atoms with Gasteiger partial charge in [0.15, 0.2) is 11.5 Å². The molecule has 1 aliphatic rings. The summed E-state index contributed by atoms with van der Waals surface area (Å²) in [4.78, 5) is 15.0. The average molecular weight is 509 g/mol. The molecule has 3 aromatic rings. The summed E-state index contributed by atoms with van der Waals surface area (Å²) in [7, 11) is 0.606. The minimum Gasteiger partial charge on any atom is -0.493 e. The van der Waals surface area contributed by atoms with Crippen molar-refractivity contribution in [2.75, 3.05) is 38.7 Å². The van der Waals surface area contributed by atoms with Crippen LogP contribution in [0.4, 0.5) is 5.69 Å². The molecule has 8 heteroatoms. The molecule has 3 aromatic carbocycles. The monoisotopic (exact) mass is 508 g/mol. The Balaban J connectivity index is 1.40. The van der Waals surface area contributed by atoms with Crippen LogP contribution in [0.5, 0.6) is 11.5 Å². The SMILES string of the molecule is COc1ccc(S(=O)(=O)N(C)c2ccc(C(=O)N3CCC(Cc4ccccc4)CC3)cc2)cc1OC. The summed E-state index contributed by atoms with van der Waals surface area (Å²) in [6.45, 7) is 1.46. The lowest BCUT2D eigenvalue weighted by atomic mass is 9.90. The van der Waals surface area contributed by atoms with Crippen LogP contribution in [0.1, 0.15) is 28.8 Å². The Hall–Kier alpha value is -3.52. The molecule has 1 heterocycles. The minimum absolute atomic E-state index is 0.0230. The summed E-state index contributed by atoms with van der Waals surface area (Å²) in [5.74, 6) is 1.34. The number of likely N-dealkylation sites (tertiary alicyclic amines) is 1. The van der Waals surface area contributed by atoms with Crippen molar-refractivity contribution in [1.29, 1.82) is 0 Å². The molecule has 0 N–H and O–H groups in total. The number of hydrogen-bond donors (Lipinski definition) is 0. The second kappa shape index (κ2) is 11.0. The highest BCUT2D eigenvalue weighted by molar-refractivity contribution is 7.92. The van der Waals surface area contributed by atoms with Gasteiger partial charge in [0, 0.05) is 31.8 Å². The van der Waals surface area contributed by atoms with Gasteiger partial charge in [-0.2, -0.15) is 0 Å². The van der Waals surface area contributed by atoms with E-state index in [9.17, 15) is 13.2 Å². The van der Waals surface area contributed by atoms with Crippen molar-refractivity contribution in [3.05, 3.63) is 83.9 Å². The Kier molecular flexibility index (Phi) is 7.84. The largest absolute Gasteiger partial charge is 0.493 e. The van der Waals surface area contributed by atoms with Crippen molar-refractivity contribution in [2.24, 2.45) is 5.92 Å². The van der Waals surface area contributed by atoms with E-state index >= 15 is 0 Å². The Morgan fingerprint density at radius 3 is 2.17 bits per heavy atom. The highest BCUT2D eigenvalue weighted by Gasteiger charge is 2.26. The first kappa shape index (κ1) is 25.6. The number of nitrogens with zero attached hydrogens (tertiary/aromatic N) is 2. The Bertz CT molecular complexity index is 1290. The van der Waals surface area contributed by atoms with Gasteiger partial charge in [0.25, 0.3) is 15.9 Å². The number of piperidine rings is 1. The number of hydrogen-bond acceptors (Lipinski definition) is 5. The quantitative estimate of drug-likeness (QED) is 0.444. The van der Waals surface area contributed by atoms with Gasteiger partial charge < -0.3 is 14.4 Å². The number of rotatable bonds is 8. The van der Waals surface area contributed by atoms with Crippen LogP contribution in [0, 0.1) is 5.92 Å². The number of benzene rings is 3. The zero-order valence-corrected chi connectivity index (χ0v) is 21.7. The smallest absolute Gasteiger partial charge is 0.264 e. The Morgan fingerprint density at radius 2 is 1.56 bits per heavy atom. The van der Waals surface area contributed by atoms with Crippen molar-refractivity contribution in [1.82, 2.24) is 4.90 Å². The molecule has 0 aliphatic carbocycles. The Labute approximate surface area is 213 Å². The van der Waals surface area contributed by atoms with Crippen LogP contribution in [-0.2, 0) is 16.4 Å². The number of carbonyl (C=O) groups is 1. The zero-order chi connectivity index (χ0) is 25.7. The van der Waals surface area contributed by atoms with E-state index in [1.807, 2.05) is 11.0 Å². The van der Waals surface area contributed by atoms with Crippen molar-refractivity contribution >= 4 is 21.6 Å². The lowest BCUT2D eigenvalue weighted by molar-refractivity contribution is 0.0690. The molecule has 36 heavy (non-hydrogen) atoms. The third-order valence-corrected chi connectivity index (χ3v) is 8.54. The number of amides is 1. The predicted octanol–water partition coefficient (Wildman–Crippen LogP) is 4.62. The molecular weight excluding hydrogens is 476 g/mol. The van der Waals surface area contributed by atoms with E-state index < -0.39 is 10.0 Å². The van der Waals surface area contributed by atoms with Crippen LogP contribution >= 0.6 is 0 Å². The third-order valence-electron chi connectivity index (χ3n) is 6.76. The van der Waals surface area contributed by atoms with Gasteiger partial charge in [0.1, 0.15) is 0 Å². The van der Waals surface area contributed by atoms with E-state index in [4.69, 9.17) is 9.47 Å². The number of methoxy groups -OCH3 is 2. The number of ether oxygens (including phenoxy) is 2. The molecule has 4 rings (SSSR count). The first-order valence-electron chi connectivity index (χ1n) is 12.0. The Morgan fingerprint density at radius 1 is 0.917 bits per heavy atom. The summed E-state index contributed by atoms with van der Waals surface area (Å²) in [6, 6.07) is 21.6. The van der Waals surface area contributed by atoms with Gasteiger partial charge in [-0.1, -0.05) is 30.3 Å². The van der Waals surface area contributed by atoms with Gasteiger partial charge in [0.05, 0.1) is 24.8 Å². The predicted molar refractivity (Wildman–Crippen MR) is 140 cm³/mol. The molecule has 1 amide bonds. The highest BCUT2D eigenvalue weighted by atomic mass is 32.2. The van der Waals surface area contributed by atoms with Crippen LogP contribution in [0.3, 0.4) is 0 Å². The molecular formula is C28H32N2O5S. The molecule has 1 fully saturated rings. The number of sulfonamides is 1. The second-order valence-corrected chi connectivity index (χ2v) is 10.9. The average Bonchev–Trinajstić information content (AvgIpc) is 2.93. The molecule has 1 aliphatic heterocycles. The van der Waals surface area contributed by atoms with Crippen LogP contribution in [-0.4, -0.2) is 53.6 Å². The summed E-state index contributed by atoms with van der Waals surface area (Å²) in [5.41, 5.74) is 2.35. The molecule has 0 spiro atoms. The van der Waals surface area contributed by atoms with E-state index in [0.717, 1.165) is 32.4 Å². The molecule has 1 saturated heterocycles. The van der Waals surface area contributed by atoms with Crippen molar-refractivity contribution in [2.45, 2.75) is 24.2 Å². The van der Waals surface area contributed by atoms with E-state index in [0.29, 0.717) is 28.7 Å². The third kappa shape index (κ3) is 5.49. The van der Waals surface area contributed by atoms with Gasteiger partial charge in [0.2, 0.25) is 0 Å². The molecule has 0 radical (unpaired) electrons. The number of carbonyl (C=O) groups excluding carboxylic acids is 1. The maximum absolute atomic E-state index is 13.2. The fourth-order valence-electron chi connectivity index (χ4n) is 4.56. The van der Waals surface area contributed by atoms with Crippen molar-refractivity contribution in [3.8, 4) is 11.5 Å². The normalized spacial score (nSPS) is 14.4. The van der Waals surface area contributed by atoms with Crippen molar-refractivity contribution in [3.63, 3.8) is 0 Å². The topological polar surface area (TPSA) is 76.2 Å². The van der Waals surface area contributed by atoms with Crippen LogP contribution in [0.25, 0.3) is 0 Å². The second-order valence-electron chi connectivity index (χ2n) is 8.96. The lowest BCUT2D eigenvalue weighted by Crippen LogP contribution is -2.38. The summed E-state index contributed by atoms with van der Waals surface area (Å²) in [5, 5.41) is 0. The molecule has 0 saturated carbocycles. The molecule has 7 nitrogen and oxygen atoms in total. The summed E-state index contributed by atoms with van der Waals surface area (Å²) in [6.07, 6.45) is 2.99. The lowest BCUT2D eigenvalue weighted by Gasteiger charge is -2.32. The van der Waals surface area contributed by atoms with Gasteiger partial charge in [-0.25, -0.2) is 8.42 Å². The van der Waals surface area contributed by atoms with Gasteiger partial charge in [-0.15, -0.1) is 0 Å². The maximum atomic E-state index is 13.2. The fourth-order valence-corrected chi connectivity index (χ4v) is 5.77. The molecule has 190 valence electrons. The maximum Gasteiger partial charge on any atom is 0.264 e. The summed E-state index contributed by atoms with van der Waals surface area (Å²) < 4.78 is 38.0. The number of anilines is 1. The van der Waals surface area contributed by atoms with Crippen LogP contribution < -0.4 is 13.8 Å². The van der Waals surface area contributed by atoms with E-state index in [1.165, 1.54) is 43.3 Å². The first-order valence-corrected chi connectivity index (χ1v) is 13.4.